The quantitative estimate of drug-likeness (QED) is 0.880. The molecule has 1 N–H and O–H groups in total. The molecule has 2 aromatic carbocycles. The first kappa shape index (κ1) is 16.7. The Balaban J connectivity index is 1.95. The van der Waals surface area contributed by atoms with Gasteiger partial charge in [-0.3, -0.25) is 9.59 Å². The van der Waals surface area contributed by atoms with Crippen LogP contribution in [0.25, 0.3) is 0 Å². The van der Waals surface area contributed by atoms with Crippen LogP contribution in [0.3, 0.4) is 0 Å². The second-order valence-corrected chi connectivity index (χ2v) is 5.88. The van der Waals surface area contributed by atoms with Crippen molar-refractivity contribution in [3.05, 3.63) is 65.7 Å². The molecule has 0 atom stereocenters. The van der Waals surface area contributed by atoms with E-state index in [9.17, 15) is 9.59 Å². The fourth-order valence-electron chi connectivity index (χ4n) is 2.24. The number of likely N-dealkylation sites (N-methyl/N-ethyl adjacent to an activating group) is 1. The molecule has 4 nitrogen and oxygen atoms in total. The van der Waals surface area contributed by atoms with Crippen molar-refractivity contribution < 1.29 is 9.59 Å². The van der Waals surface area contributed by atoms with Gasteiger partial charge in [0.15, 0.2) is 0 Å². The van der Waals surface area contributed by atoms with Crippen molar-refractivity contribution in [2.24, 2.45) is 0 Å². The Bertz CT molecular complexity index is 664. The van der Waals surface area contributed by atoms with E-state index < -0.39 is 11.8 Å². The maximum Gasteiger partial charge on any atom is 0.313 e. The molecule has 0 unspecified atom stereocenters. The summed E-state index contributed by atoms with van der Waals surface area (Å²) < 4.78 is 0. The van der Waals surface area contributed by atoms with Gasteiger partial charge in [-0.25, -0.2) is 0 Å². The van der Waals surface area contributed by atoms with Crippen LogP contribution in [0, 0.1) is 0 Å². The minimum absolute atomic E-state index is 0.402. The number of hydrogen-bond acceptors (Lipinski definition) is 2. The zero-order valence-electron chi connectivity index (χ0n) is 13.7. The highest BCUT2D eigenvalue weighted by molar-refractivity contribution is 6.39. The van der Waals surface area contributed by atoms with Crippen molar-refractivity contribution in [2.75, 3.05) is 12.4 Å². The van der Waals surface area contributed by atoms with Gasteiger partial charge in [-0.05, 0) is 29.2 Å². The number of carbonyl (C=O) groups excluding carboxylic acids is 2. The Kier molecular flexibility index (Phi) is 5.52. The Morgan fingerprint density at radius 2 is 1.61 bits per heavy atom. The molecule has 0 aromatic heterocycles. The van der Waals surface area contributed by atoms with E-state index in [0.717, 1.165) is 5.56 Å². The number of amides is 2. The van der Waals surface area contributed by atoms with Crippen LogP contribution < -0.4 is 5.32 Å². The van der Waals surface area contributed by atoms with E-state index in [2.05, 4.69) is 19.2 Å². The molecule has 0 spiro atoms. The van der Waals surface area contributed by atoms with E-state index in [1.807, 2.05) is 54.6 Å². The van der Waals surface area contributed by atoms with Crippen LogP contribution in [0.5, 0.6) is 0 Å². The minimum Gasteiger partial charge on any atom is -0.333 e. The molecule has 2 rings (SSSR count). The highest BCUT2D eigenvalue weighted by atomic mass is 16.2. The Labute approximate surface area is 137 Å². The number of carbonyl (C=O) groups is 2. The van der Waals surface area contributed by atoms with Crippen LogP contribution in [0.4, 0.5) is 5.69 Å². The van der Waals surface area contributed by atoms with Gasteiger partial charge in [-0.1, -0.05) is 56.3 Å². The van der Waals surface area contributed by atoms with E-state index in [1.54, 1.807) is 7.05 Å². The van der Waals surface area contributed by atoms with Gasteiger partial charge >= 0.3 is 11.8 Å². The van der Waals surface area contributed by atoms with Crippen molar-refractivity contribution in [3.8, 4) is 0 Å². The topological polar surface area (TPSA) is 49.4 Å². The summed E-state index contributed by atoms with van der Waals surface area (Å²) in [7, 11) is 1.62. The number of benzene rings is 2. The van der Waals surface area contributed by atoms with Gasteiger partial charge in [0.2, 0.25) is 0 Å². The molecule has 23 heavy (non-hydrogen) atoms. The van der Waals surface area contributed by atoms with Gasteiger partial charge in [0.05, 0.1) is 0 Å². The lowest BCUT2D eigenvalue weighted by molar-refractivity contribution is -0.142. The summed E-state index contributed by atoms with van der Waals surface area (Å²) >= 11 is 0. The minimum atomic E-state index is -0.624. The highest BCUT2D eigenvalue weighted by Crippen LogP contribution is 2.17. The van der Waals surface area contributed by atoms with Crippen molar-refractivity contribution in [1.82, 2.24) is 4.90 Å². The van der Waals surface area contributed by atoms with Gasteiger partial charge in [0, 0.05) is 19.3 Å². The second kappa shape index (κ2) is 7.58. The zero-order chi connectivity index (χ0) is 16.8. The monoisotopic (exact) mass is 310 g/mol. The first-order chi connectivity index (χ1) is 11.0. The van der Waals surface area contributed by atoms with Crippen LogP contribution >= 0.6 is 0 Å². The molecule has 0 aliphatic heterocycles. The third-order valence-corrected chi connectivity index (χ3v) is 3.64. The van der Waals surface area contributed by atoms with Crippen LogP contribution in [0.15, 0.2) is 54.6 Å². The largest absolute Gasteiger partial charge is 0.333 e. The van der Waals surface area contributed by atoms with Crippen molar-refractivity contribution in [2.45, 2.75) is 26.3 Å². The Hall–Kier alpha value is -2.62. The third kappa shape index (κ3) is 4.68. The summed E-state index contributed by atoms with van der Waals surface area (Å²) in [4.78, 5) is 25.6. The number of nitrogens with one attached hydrogen (secondary N) is 1. The molecule has 0 saturated carbocycles. The predicted molar refractivity (Wildman–Crippen MR) is 92.1 cm³/mol. The smallest absolute Gasteiger partial charge is 0.313 e. The molecular formula is C19H22N2O2. The summed E-state index contributed by atoms with van der Waals surface area (Å²) in [6.45, 7) is 4.62. The van der Waals surface area contributed by atoms with Crippen LogP contribution in [-0.2, 0) is 16.1 Å². The average Bonchev–Trinajstić information content (AvgIpc) is 2.55. The average molecular weight is 310 g/mol. The predicted octanol–water partition coefficient (Wildman–Crippen LogP) is 3.41. The summed E-state index contributed by atoms with van der Waals surface area (Å²) in [6.07, 6.45) is 0. The van der Waals surface area contributed by atoms with Crippen molar-refractivity contribution >= 4 is 17.5 Å². The molecule has 0 saturated heterocycles. The molecular weight excluding hydrogens is 288 g/mol. The van der Waals surface area contributed by atoms with E-state index >= 15 is 0 Å². The third-order valence-electron chi connectivity index (χ3n) is 3.64. The van der Waals surface area contributed by atoms with Gasteiger partial charge < -0.3 is 10.2 Å². The fraction of sp³-hybridized carbons (Fsp3) is 0.263. The molecule has 120 valence electrons. The maximum absolute atomic E-state index is 12.1. The standard InChI is InChI=1S/C19H22N2O2/c1-14(2)16-9-11-17(12-10-16)20-18(22)19(23)21(3)13-15-7-5-4-6-8-15/h4-12,14H,13H2,1-3H3,(H,20,22). The number of anilines is 1. The lowest BCUT2D eigenvalue weighted by atomic mass is 10.0. The summed E-state index contributed by atoms with van der Waals surface area (Å²) in [5, 5.41) is 2.64. The molecule has 2 amide bonds. The maximum atomic E-state index is 12.1. The molecule has 0 heterocycles. The summed E-state index contributed by atoms with van der Waals surface area (Å²) in [5.74, 6) is -0.749. The van der Waals surface area contributed by atoms with Gasteiger partial charge in [0.1, 0.15) is 0 Å². The SMILES string of the molecule is CC(C)c1ccc(NC(=O)C(=O)N(C)Cc2ccccc2)cc1. The summed E-state index contributed by atoms with van der Waals surface area (Å²) in [6, 6.07) is 17.1. The molecule has 0 radical (unpaired) electrons. The lowest BCUT2D eigenvalue weighted by Crippen LogP contribution is -2.36. The van der Waals surface area contributed by atoms with E-state index in [1.165, 1.54) is 10.5 Å². The number of rotatable bonds is 4. The summed E-state index contributed by atoms with van der Waals surface area (Å²) in [5.41, 5.74) is 2.80. The highest BCUT2D eigenvalue weighted by Gasteiger charge is 2.18. The van der Waals surface area contributed by atoms with Gasteiger partial charge in [-0.15, -0.1) is 0 Å². The number of nitrogens with zero attached hydrogens (tertiary/aromatic N) is 1. The van der Waals surface area contributed by atoms with Gasteiger partial charge in [0.25, 0.3) is 0 Å². The molecule has 0 fully saturated rings. The zero-order valence-corrected chi connectivity index (χ0v) is 13.7. The second-order valence-electron chi connectivity index (χ2n) is 5.88. The first-order valence-electron chi connectivity index (χ1n) is 7.67. The van der Waals surface area contributed by atoms with E-state index in [-0.39, 0.29) is 0 Å². The van der Waals surface area contributed by atoms with Gasteiger partial charge in [-0.2, -0.15) is 0 Å². The normalized spacial score (nSPS) is 10.4. The lowest BCUT2D eigenvalue weighted by Gasteiger charge is -2.17. The van der Waals surface area contributed by atoms with E-state index in [4.69, 9.17) is 0 Å². The molecule has 2 aromatic rings. The molecule has 0 bridgehead atoms. The Morgan fingerprint density at radius 1 is 1.00 bits per heavy atom. The van der Waals surface area contributed by atoms with E-state index in [0.29, 0.717) is 18.2 Å². The van der Waals surface area contributed by atoms with Crippen molar-refractivity contribution in [3.63, 3.8) is 0 Å². The van der Waals surface area contributed by atoms with Crippen LogP contribution in [-0.4, -0.2) is 23.8 Å². The van der Waals surface area contributed by atoms with Crippen LogP contribution in [0.2, 0.25) is 0 Å². The van der Waals surface area contributed by atoms with Crippen LogP contribution in [0.1, 0.15) is 30.9 Å². The molecule has 0 aliphatic rings. The number of hydrogen-bond donors (Lipinski definition) is 1. The fourth-order valence-corrected chi connectivity index (χ4v) is 2.24. The molecule has 4 heteroatoms. The first-order valence-corrected chi connectivity index (χ1v) is 7.67. The Morgan fingerprint density at radius 3 is 2.17 bits per heavy atom. The molecule has 0 aliphatic carbocycles. The van der Waals surface area contributed by atoms with Crippen molar-refractivity contribution in [1.29, 1.82) is 0 Å².